The number of hydrogen-bond acceptors (Lipinski definition) is 9. The molecule has 0 spiro atoms. The molecule has 38 heavy (non-hydrogen) atoms. The second-order valence-electron chi connectivity index (χ2n) is 10.6. The van der Waals surface area contributed by atoms with Gasteiger partial charge < -0.3 is 28.4 Å². The molecule has 3 aliphatic heterocycles. The Morgan fingerprint density at radius 1 is 0.895 bits per heavy atom. The topological polar surface area (TPSA) is 107 Å². The molecule has 3 saturated heterocycles. The van der Waals surface area contributed by atoms with Crippen LogP contribution in [0.4, 0.5) is 26.3 Å². The van der Waals surface area contributed by atoms with Crippen molar-refractivity contribution in [2.45, 2.75) is 108 Å². The fraction of sp³-hybridized carbons (Fsp3) is 0.870. The van der Waals surface area contributed by atoms with Crippen molar-refractivity contribution >= 4 is 17.9 Å². The lowest BCUT2D eigenvalue weighted by molar-refractivity contribution is -0.314. The molecule has 0 aromatic rings. The fourth-order valence-electron chi connectivity index (χ4n) is 4.85. The summed E-state index contributed by atoms with van der Waals surface area (Å²) < 4.78 is 108. The van der Waals surface area contributed by atoms with Crippen LogP contribution in [0.25, 0.3) is 0 Å². The van der Waals surface area contributed by atoms with E-state index in [1.807, 2.05) is 0 Å². The molecular formula is C23H28F6O9. The van der Waals surface area contributed by atoms with Gasteiger partial charge in [0.25, 0.3) is 6.10 Å². The molecule has 0 aromatic carbocycles. The number of carbonyl (C=O) groups excluding carboxylic acids is 3. The molecule has 0 radical (unpaired) electrons. The van der Waals surface area contributed by atoms with Crippen molar-refractivity contribution in [2.75, 3.05) is 0 Å². The van der Waals surface area contributed by atoms with Gasteiger partial charge >= 0.3 is 30.3 Å². The highest BCUT2D eigenvalue weighted by atomic mass is 19.4. The normalized spacial score (nSPS) is 35.6. The first kappa shape index (κ1) is 28.9. The van der Waals surface area contributed by atoms with E-state index in [4.69, 9.17) is 23.7 Å². The Kier molecular flexibility index (Phi) is 7.69. The molecule has 216 valence electrons. The van der Waals surface area contributed by atoms with Crippen LogP contribution in [0.1, 0.15) is 52.9 Å². The first-order valence-corrected chi connectivity index (χ1v) is 12.2. The standard InChI is InChI=1S/C23H28F6O9/c1-4-21(2,3)20(32)36-13-11-12(33-16(13)31)14-18(34-11)38-17(35-14)10-7-5-9(6-8-10)15(30)37-19(22(24,25)26)23(27,28)29/h9-14,17-19H,4-8H2,1-3H3. The van der Waals surface area contributed by atoms with Gasteiger partial charge in [0.2, 0.25) is 6.10 Å². The summed E-state index contributed by atoms with van der Waals surface area (Å²) in [5.41, 5.74) is -0.823. The quantitative estimate of drug-likeness (QED) is 0.273. The lowest BCUT2D eigenvalue weighted by atomic mass is 9.81. The van der Waals surface area contributed by atoms with E-state index in [9.17, 15) is 40.7 Å². The van der Waals surface area contributed by atoms with E-state index < -0.39 is 84.7 Å². The monoisotopic (exact) mass is 562 g/mol. The minimum Gasteiger partial charge on any atom is -0.454 e. The molecule has 3 heterocycles. The lowest BCUT2D eigenvalue weighted by Gasteiger charge is -2.32. The zero-order valence-electron chi connectivity index (χ0n) is 20.7. The number of ether oxygens (including phenoxy) is 6. The maximum atomic E-state index is 12.7. The number of alkyl halides is 6. The van der Waals surface area contributed by atoms with Crippen LogP contribution in [0.15, 0.2) is 0 Å². The second kappa shape index (κ2) is 10.1. The molecule has 0 aromatic heterocycles. The Bertz CT molecular complexity index is 913. The van der Waals surface area contributed by atoms with Gasteiger partial charge in [-0.15, -0.1) is 0 Å². The van der Waals surface area contributed by atoms with E-state index in [2.05, 4.69) is 4.74 Å². The zero-order valence-corrected chi connectivity index (χ0v) is 20.7. The van der Waals surface area contributed by atoms with Gasteiger partial charge in [-0.2, -0.15) is 26.3 Å². The average molecular weight is 562 g/mol. The van der Waals surface area contributed by atoms with E-state index in [-0.39, 0.29) is 31.6 Å². The van der Waals surface area contributed by atoms with Gasteiger partial charge in [0.05, 0.1) is 11.3 Å². The Balaban J connectivity index is 1.29. The van der Waals surface area contributed by atoms with Gasteiger partial charge in [-0.1, -0.05) is 6.92 Å². The molecule has 6 unspecified atom stereocenters. The first-order chi connectivity index (χ1) is 17.5. The van der Waals surface area contributed by atoms with Crippen LogP contribution in [-0.4, -0.2) is 73.4 Å². The van der Waals surface area contributed by atoms with E-state index in [0.717, 1.165) is 0 Å². The summed E-state index contributed by atoms with van der Waals surface area (Å²) in [6.07, 6.45) is -20.7. The van der Waals surface area contributed by atoms with Crippen molar-refractivity contribution in [2.24, 2.45) is 17.3 Å². The van der Waals surface area contributed by atoms with Crippen molar-refractivity contribution in [3.05, 3.63) is 0 Å². The Morgan fingerprint density at radius 2 is 1.47 bits per heavy atom. The van der Waals surface area contributed by atoms with Gasteiger partial charge in [-0.05, 0) is 46.0 Å². The Labute approximate surface area is 213 Å². The second-order valence-corrected chi connectivity index (χ2v) is 10.6. The number of fused-ring (bicyclic) bond motifs is 3. The van der Waals surface area contributed by atoms with Gasteiger partial charge in [-0.25, -0.2) is 4.79 Å². The van der Waals surface area contributed by atoms with Crippen molar-refractivity contribution in [1.29, 1.82) is 0 Å². The molecule has 4 rings (SSSR count). The summed E-state index contributed by atoms with van der Waals surface area (Å²) in [6.45, 7) is 5.15. The molecule has 0 amide bonds. The third-order valence-electron chi connectivity index (χ3n) is 7.54. The highest BCUT2D eigenvalue weighted by Gasteiger charge is 2.64. The van der Waals surface area contributed by atoms with Gasteiger partial charge in [0, 0.05) is 5.92 Å². The third-order valence-corrected chi connectivity index (χ3v) is 7.54. The van der Waals surface area contributed by atoms with Crippen molar-refractivity contribution < 1.29 is 69.1 Å². The fourth-order valence-corrected chi connectivity index (χ4v) is 4.85. The number of rotatable bonds is 6. The predicted octanol–water partition coefficient (Wildman–Crippen LogP) is 3.57. The highest BCUT2D eigenvalue weighted by molar-refractivity contribution is 5.84. The third kappa shape index (κ3) is 5.60. The summed E-state index contributed by atoms with van der Waals surface area (Å²) in [4.78, 5) is 36.8. The van der Waals surface area contributed by atoms with Crippen LogP contribution < -0.4 is 0 Å². The largest absolute Gasteiger partial charge is 0.454 e. The summed E-state index contributed by atoms with van der Waals surface area (Å²) in [5.74, 6) is -4.41. The number of hydrogen-bond donors (Lipinski definition) is 0. The number of carbonyl (C=O) groups is 3. The summed E-state index contributed by atoms with van der Waals surface area (Å²) in [7, 11) is 0. The maximum absolute atomic E-state index is 12.7. The van der Waals surface area contributed by atoms with Crippen LogP contribution >= 0.6 is 0 Å². The van der Waals surface area contributed by atoms with E-state index >= 15 is 0 Å². The summed E-state index contributed by atoms with van der Waals surface area (Å²) in [6, 6.07) is 0. The molecule has 4 fully saturated rings. The van der Waals surface area contributed by atoms with Crippen molar-refractivity contribution in [3.63, 3.8) is 0 Å². The molecule has 0 bridgehead atoms. The first-order valence-electron chi connectivity index (χ1n) is 12.2. The molecule has 6 atom stereocenters. The summed E-state index contributed by atoms with van der Waals surface area (Å²) in [5, 5.41) is 0. The van der Waals surface area contributed by atoms with E-state index in [1.54, 1.807) is 20.8 Å². The molecule has 1 saturated carbocycles. The van der Waals surface area contributed by atoms with E-state index in [0.29, 0.717) is 6.42 Å². The van der Waals surface area contributed by atoms with Crippen LogP contribution in [-0.2, 0) is 42.8 Å². The molecular weight excluding hydrogens is 534 g/mol. The molecule has 9 nitrogen and oxygen atoms in total. The Hall–Kier alpha value is -2.13. The van der Waals surface area contributed by atoms with Crippen LogP contribution in [0.2, 0.25) is 0 Å². The van der Waals surface area contributed by atoms with Crippen LogP contribution in [0.5, 0.6) is 0 Å². The smallest absolute Gasteiger partial charge is 0.434 e. The predicted molar refractivity (Wildman–Crippen MR) is 110 cm³/mol. The minimum atomic E-state index is -5.78. The maximum Gasteiger partial charge on any atom is 0.434 e. The summed E-state index contributed by atoms with van der Waals surface area (Å²) >= 11 is 0. The van der Waals surface area contributed by atoms with Crippen molar-refractivity contribution in [3.8, 4) is 0 Å². The molecule has 0 N–H and O–H groups in total. The average Bonchev–Trinajstić information content (AvgIpc) is 3.46. The van der Waals surface area contributed by atoms with Gasteiger partial charge in [-0.3, -0.25) is 9.59 Å². The highest BCUT2D eigenvalue weighted by Crippen LogP contribution is 2.45. The molecule has 4 aliphatic rings. The van der Waals surface area contributed by atoms with Crippen LogP contribution in [0.3, 0.4) is 0 Å². The Morgan fingerprint density at radius 3 is 2.03 bits per heavy atom. The zero-order chi connectivity index (χ0) is 28.2. The van der Waals surface area contributed by atoms with Gasteiger partial charge in [0.1, 0.15) is 6.10 Å². The lowest BCUT2D eigenvalue weighted by Crippen LogP contribution is -2.46. The number of esters is 3. The van der Waals surface area contributed by atoms with E-state index in [1.165, 1.54) is 0 Å². The molecule has 15 heteroatoms. The van der Waals surface area contributed by atoms with Crippen LogP contribution in [0, 0.1) is 17.3 Å². The molecule has 1 aliphatic carbocycles. The minimum absolute atomic E-state index is 0.0301. The SMILES string of the molecule is CCC(C)(C)C(=O)OC1C(=O)OC2C3OC(C4CCC(C(=O)OC(C(F)(F)F)C(F)(F)F)CC4)OC3OC12. The van der Waals surface area contributed by atoms with Gasteiger partial charge in [0.15, 0.2) is 24.8 Å². The van der Waals surface area contributed by atoms with Crippen molar-refractivity contribution in [1.82, 2.24) is 0 Å². The number of halogens is 6.